The number of hydrogen-bond acceptors (Lipinski definition) is 2. The molecule has 0 spiro atoms. The highest BCUT2D eigenvalue weighted by Crippen LogP contribution is 2.37. The Morgan fingerprint density at radius 3 is 2.47 bits per heavy atom. The van der Waals surface area contributed by atoms with Crippen molar-refractivity contribution in [2.45, 2.75) is 24.3 Å². The van der Waals surface area contributed by atoms with Crippen molar-refractivity contribution in [2.24, 2.45) is 0 Å². The zero-order valence-electron chi connectivity index (χ0n) is 10.3. The Kier molecular flexibility index (Phi) is 3.83. The highest BCUT2D eigenvalue weighted by molar-refractivity contribution is 5.32. The normalized spacial score (nSPS) is 20.5. The molecule has 1 saturated heterocycles. The predicted octanol–water partition coefficient (Wildman–Crippen LogP) is 1.96. The van der Waals surface area contributed by atoms with Crippen LogP contribution in [-0.2, 0) is 10.2 Å². The van der Waals surface area contributed by atoms with Crippen LogP contribution >= 0.6 is 0 Å². The second kappa shape index (κ2) is 5.35. The highest BCUT2D eigenvalue weighted by Gasteiger charge is 2.40. The van der Waals surface area contributed by atoms with Crippen molar-refractivity contribution in [3.05, 3.63) is 35.9 Å². The van der Waals surface area contributed by atoms with Gasteiger partial charge in [0.2, 0.25) is 0 Å². The van der Waals surface area contributed by atoms with Gasteiger partial charge in [0.25, 0.3) is 0 Å². The SMILES string of the molecule is C#CC(NC)C1(c2ccccc2)CCOCC1. The van der Waals surface area contributed by atoms with E-state index in [-0.39, 0.29) is 11.5 Å². The van der Waals surface area contributed by atoms with Crippen molar-refractivity contribution in [2.75, 3.05) is 20.3 Å². The summed E-state index contributed by atoms with van der Waals surface area (Å²) in [7, 11) is 1.94. The summed E-state index contributed by atoms with van der Waals surface area (Å²) in [6.07, 6.45) is 7.64. The van der Waals surface area contributed by atoms with Crippen LogP contribution in [-0.4, -0.2) is 26.3 Å². The van der Waals surface area contributed by atoms with Crippen LogP contribution in [0, 0.1) is 12.3 Å². The van der Waals surface area contributed by atoms with Crippen LogP contribution in [0.3, 0.4) is 0 Å². The summed E-state index contributed by atoms with van der Waals surface area (Å²) >= 11 is 0. The molecule has 90 valence electrons. The van der Waals surface area contributed by atoms with Crippen LogP contribution in [0.4, 0.5) is 0 Å². The summed E-state index contributed by atoms with van der Waals surface area (Å²) in [5, 5.41) is 3.27. The molecule has 0 aliphatic carbocycles. The Bertz CT molecular complexity index is 387. The maximum atomic E-state index is 5.68. The van der Waals surface area contributed by atoms with E-state index in [1.54, 1.807) is 0 Å². The summed E-state index contributed by atoms with van der Waals surface area (Å²) in [6.45, 7) is 1.57. The van der Waals surface area contributed by atoms with E-state index in [2.05, 4.69) is 35.5 Å². The summed E-state index contributed by atoms with van der Waals surface area (Å²) < 4.78 is 5.49. The molecule has 0 radical (unpaired) electrons. The molecule has 1 fully saturated rings. The van der Waals surface area contributed by atoms with E-state index in [1.807, 2.05) is 13.1 Å². The molecule has 1 unspecified atom stereocenters. The van der Waals surface area contributed by atoms with Crippen molar-refractivity contribution in [3.63, 3.8) is 0 Å². The lowest BCUT2D eigenvalue weighted by Gasteiger charge is -2.41. The second-order valence-corrected chi connectivity index (χ2v) is 4.52. The van der Waals surface area contributed by atoms with Crippen molar-refractivity contribution >= 4 is 0 Å². The fourth-order valence-corrected chi connectivity index (χ4v) is 2.77. The van der Waals surface area contributed by atoms with E-state index in [9.17, 15) is 0 Å². The summed E-state index contributed by atoms with van der Waals surface area (Å²) in [5.74, 6) is 2.89. The molecule has 1 N–H and O–H groups in total. The van der Waals surface area contributed by atoms with Crippen molar-refractivity contribution in [1.82, 2.24) is 5.32 Å². The zero-order valence-corrected chi connectivity index (χ0v) is 10.3. The predicted molar refractivity (Wildman–Crippen MR) is 69.9 cm³/mol. The van der Waals surface area contributed by atoms with E-state index in [4.69, 9.17) is 11.2 Å². The number of rotatable bonds is 3. The third-order valence-corrected chi connectivity index (χ3v) is 3.74. The van der Waals surface area contributed by atoms with Crippen molar-refractivity contribution in [3.8, 4) is 12.3 Å². The van der Waals surface area contributed by atoms with Crippen LogP contribution in [0.25, 0.3) is 0 Å². The lowest BCUT2D eigenvalue weighted by Crippen LogP contribution is -2.49. The van der Waals surface area contributed by atoms with E-state index in [0.717, 1.165) is 26.1 Å². The third kappa shape index (κ3) is 2.22. The molecular weight excluding hydrogens is 210 g/mol. The molecule has 1 aliphatic heterocycles. The molecule has 1 atom stereocenters. The van der Waals surface area contributed by atoms with E-state index >= 15 is 0 Å². The molecule has 1 aliphatic rings. The standard InChI is InChI=1S/C15H19NO/c1-3-14(16-2)15(9-11-17-12-10-15)13-7-5-4-6-8-13/h1,4-8,14,16H,9-12H2,2H3. The number of hydrogen-bond donors (Lipinski definition) is 1. The molecule has 0 aromatic heterocycles. The van der Waals surface area contributed by atoms with E-state index in [0.29, 0.717) is 0 Å². The van der Waals surface area contributed by atoms with Gasteiger partial charge < -0.3 is 10.1 Å². The Morgan fingerprint density at radius 2 is 1.94 bits per heavy atom. The quantitative estimate of drug-likeness (QED) is 0.800. The van der Waals surface area contributed by atoms with Gasteiger partial charge in [0.1, 0.15) is 0 Å². The van der Waals surface area contributed by atoms with Crippen molar-refractivity contribution in [1.29, 1.82) is 0 Å². The summed E-state index contributed by atoms with van der Waals surface area (Å²) in [5.41, 5.74) is 1.34. The first-order valence-electron chi connectivity index (χ1n) is 6.10. The van der Waals surface area contributed by atoms with Crippen LogP contribution in [0.2, 0.25) is 0 Å². The molecule has 1 aromatic carbocycles. The minimum Gasteiger partial charge on any atom is -0.381 e. The molecule has 1 heterocycles. The minimum atomic E-state index is 0.0169. The molecule has 2 heteroatoms. The smallest absolute Gasteiger partial charge is 0.0784 e. The molecule has 0 bridgehead atoms. The topological polar surface area (TPSA) is 21.3 Å². The molecule has 2 rings (SSSR count). The van der Waals surface area contributed by atoms with Crippen molar-refractivity contribution < 1.29 is 4.74 Å². The molecule has 1 aromatic rings. The lowest BCUT2D eigenvalue weighted by molar-refractivity contribution is 0.0430. The Labute approximate surface area is 103 Å². The van der Waals surface area contributed by atoms with Gasteiger partial charge in [0.05, 0.1) is 6.04 Å². The van der Waals surface area contributed by atoms with E-state index in [1.165, 1.54) is 5.56 Å². The Balaban J connectivity index is 2.40. The van der Waals surface area contributed by atoms with Gasteiger partial charge in [-0.25, -0.2) is 0 Å². The largest absolute Gasteiger partial charge is 0.381 e. The monoisotopic (exact) mass is 229 g/mol. The zero-order chi connectivity index (χ0) is 12.1. The summed E-state index contributed by atoms with van der Waals surface area (Å²) in [4.78, 5) is 0. The first-order chi connectivity index (χ1) is 8.33. The number of terminal acetylenes is 1. The molecule has 2 nitrogen and oxygen atoms in total. The van der Waals surface area contributed by atoms with Gasteiger partial charge >= 0.3 is 0 Å². The van der Waals surface area contributed by atoms with Crippen LogP contribution < -0.4 is 5.32 Å². The maximum Gasteiger partial charge on any atom is 0.0784 e. The van der Waals surface area contributed by atoms with Crippen LogP contribution in [0.1, 0.15) is 18.4 Å². The molecule has 17 heavy (non-hydrogen) atoms. The average Bonchev–Trinajstić information content (AvgIpc) is 2.42. The Hall–Kier alpha value is -1.30. The molecular formula is C15H19NO. The summed E-state index contributed by atoms with van der Waals surface area (Å²) in [6, 6.07) is 10.6. The van der Waals surface area contributed by atoms with Crippen LogP contribution in [0.15, 0.2) is 30.3 Å². The highest BCUT2D eigenvalue weighted by atomic mass is 16.5. The van der Waals surface area contributed by atoms with Gasteiger partial charge in [-0.05, 0) is 25.5 Å². The Morgan fingerprint density at radius 1 is 1.29 bits per heavy atom. The van der Waals surface area contributed by atoms with Gasteiger partial charge in [0.15, 0.2) is 0 Å². The third-order valence-electron chi connectivity index (χ3n) is 3.74. The number of likely N-dealkylation sites (N-methyl/N-ethyl adjacent to an activating group) is 1. The maximum absolute atomic E-state index is 5.68. The van der Waals surface area contributed by atoms with Gasteiger partial charge in [-0.2, -0.15) is 0 Å². The number of nitrogens with one attached hydrogen (secondary N) is 1. The fourth-order valence-electron chi connectivity index (χ4n) is 2.77. The average molecular weight is 229 g/mol. The van der Waals surface area contributed by atoms with Gasteiger partial charge in [-0.3, -0.25) is 0 Å². The van der Waals surface area contributed by atoms with Crippen LogP contribution in [0.5, 0.6) is 0 Å². The first kappa shape index (κ1) is 12.2. The number of ether oxygens (including phenoxy) is 1. The molecule has 0 saturated carbocycles. The van der Waals surface area contributed by atoms with Gasteiger partial charge in [-0.15, -0.1) is 6.42 Å². The fraction of sp³-hybridized carbons (Fsp3) is 0.467. The van der Waals surface area contributed by atoms with E-state index < -0.39 is 0 Å². The lowest BCUT2D eigenvalue weighted by atomic mass is 9.69. The number of benzene rings is 1. The first-order valence-corrected chi connectivity index (χ1v) is 6.10. The van der Waals surface area contributed by atoms with Gasteiger partial charge in [-0.1, -0.05) is 36.3 Å². The van der Waals surface area contributed by atoms with Gasteiger partial charge in [0, 0.05) is 18.6 Å². The molecule has 0 amide bonds. The minimum absolute atomic E-state index is 0.0169. The second-order valence-electron chi connectivity index (χ2n) is 4.52.